The lowest BCUT2D eigenvalue weighted by atomic mass is 9.92. The third-order valence-corrected chi connectivity index (χ3v) is 5.20. The number of aromatic nitrogens is 2. The third-order valence-electron chi connectivity index (χ3n) is 5.20. The predicted octanol–water partition coefficient (Wildman–Crippen LogP) is 4.54. The molecule has 4 rings (SSSR count). The largest absolute Gasteiger partial charge is 0.497 e. The van der Waals surface area contributed by atoms with Gasteiger partial charge in [0.1, 0.15) is 5.75 Å². The van der Waals surface area contributed by atoms with Crippen molar-refractivity contribution < 1.29 is 9.53 Å². The number of anilines is 1. The quantitative estimate of drug-likeness (QED) is 0.499. The lowest BCUT2D eigenvalue weighted by Crippen LogP contribution is -2.32. The number of nitrogens with one attached hydrogen (secondary N) is 2. The van der Waals surface area contributed by atoms with Gasteiger partial charge in [0.15, 0.2) is 0 Å². The van der Waals surface area contributed by atoms with Crippen LogP contribution >= 0.6 is 0 Å². The lowest BCUT2D eigenvalue weighted by Gasteiger charge is -2.18. The number of benzene rings is 2. The van der Waals surface area contributed by atoms with Crippen LogP contribution in [0.4, 0.5) is 10.5 Å². The molecule has 0 radical (unpaired) electrons. The molecule has 0 unspecified atom stereocenters. The van der Waals surface area contributed by atoms with Crippen LogP contribution < -0.4 is 15.4 Å². The van der Waals surface area contributed by atoms with Gasteiger partial charge in [-0.3, -0.25) is 4.98 Å². The summed E-state index contributed by atoms with van der Waals surface area (Å²) in [4.78, 5) is 16.8. The van der Waals surface area contributed by atoms with E-state index in [-0.39, 0.29) is 11.9 Å². The number of hydrogen-bond acceptors (Lipinski definition) is 3. The first-order valence-electron chi connectivity index (χ1n) is 9.78. The van der Waals surface area contributed by atoms with Gasteiger partial charge in [-0.05, 0) is 47.5 Å². The second-order valence-corrected chi connectivity index (χ2v) is 7.11. The molecule has 6 nitrogen and oxygen atoms in total. The minimum atomic E-state index is -0.255. The van der Waals surface area contributed by atoms with E-state index in [1.54, 1.807) is 13.3 Å². The summed E-state index contributed by atoms with van der Waals surface area (Å²) in [7, 11) is 3.65. The number of hydrogen-bond donors (Lipinski definition) is 2. The highest BCUT2D eigenvalue weighted by atomic mass is 16.5. The predicted molar refractivity (Wildman–Crippen MR) is 119 cm³/mol. The summed E-state index contributed by atoms with van der Waals surface area (Å²) in [5, 5.41) is 7.05. The van der Waals surface area contributed by atoms with Gasteiger partial charge in [-0.15, -0.1) is 0 Å². The molecule has 0 aliphatic rings. The third kappa shape index (κ3) is 4.12. The Morgan fingerprint density at radius 1 is 1.10 bits per heavy atom. The first-order valence-corrected chi connectivity index (χ1v) is 9.78. The van der Waals surface area contributed by atoms with Gasteiger partial charge in [0.2, 0.25) is 0 Å². The molecular formula is C24H24N4O2. The van der Waals surface area contributed by atoms with Crippen molar-refractivity contribution in [2.24, 2.45) is 7.05 Å². The van der Waals surface area contributed by atoms with Crippen molar-refractivity contribution in [1.82, 2.24) is 14.9 Å². The molecule has 2 heterocycles. The van der Waals surface area contributed by atoms with Crippen molar-refractivity contribution in [2.75, 3.05) is 19.0 Å². The minimum absolute atomic E-state index is 0.0218. The Kier molecular flexibility index (Phi) is 5.66. The van der Waals surface area contributed by atoms with Crippen molar-refractivity contribution in [3.05, 3.63) is 90.4 Å². The number of rotatable bonds is 6. The molecule has 0 saturated heterocycles. The van der Waals surface area contributed by atoms with Crippen molar-refractivity contribution in [1.29, 1.82) is 0 Å². The van der Waals surface area contributed by atoms with Crippen LogP contribution in [-0.2, 0) is 7.05 Å². The van der Waals surface area contributed by atoms with Crippen LogP contribution in [0.1, 0.15) is 17.0 Å². The fraction of sp³-hybridized carbons (Fsp3) is 0.167. The second-order valence-electron chi connectivity index (χ2n) is 7.11. The highest BCUT2D eigenvalue weighted by Gasteiger charge is 2.20. The number of urea groups is 1. The molecule has 2 amide bonds. The fourth-order valence-electron chi connectivity index (χ4n) is 3.68. The molecule has 2 aromatic heterocycles. The Morgan fingerprint density at radius 2 is 1.90 bits per heavy atom. The van der Waals surface area contributed by atoms with Crippen molar-refractivity contribution in [2.45, 2.75) is 5.92 Å². The molecule has 2 N–H and O–H groups in total. The van der Waals surface area contributed by atoms with Crippen LogP contribution in [0.25, 0.3) is 10.9 Å². The average molecular weight is 400 g/mol. The summed E-state index contributed by atoms with van der Waals surface area (Å²) in [5.41, 5.74) is 4.07. The molecule has 0 aliphatic carbocycles. The van der Waals surface area contributed by atoms with E-state index >= 15 is 0 Å². The summed E-state index contributed by atoms with van der Waals surface area (Å²) in [6.07, 6.45) is 5.74. The number of nitrogens with zero attached hydrogens (tertiary/aromatic N) is 2. The molecule has 6 heteroatoms. The van der Waals surface area contributed by atoms with Gasteiger partial charge in [-0.25, -0.2) is 4.79 Å². The number of pyridine rings is 1. The van der Waals surface area contributed by atoms with E-state index in [0.717, 1.165) is 22.4 Å². The number of amides is 2. The zero-order valence-electron chi connectivity index (χ0n) is 17.0. The Hall–Kier alpha value is -3.80. The van der Waals surface area contributed by atoms with Crippen LogP contribution in [0.2, 0.25) is 0 Å². The van der Waals surface area contributed by atoms with E-state index in [9.17, 15) is 4.79 Å². The van der Waals surface area contributed by atoms with Crippen molar-refractivity contribution in [3.8, 4) is 5.75 Å². The van der Waals surface area contributed by atoms with Crippen LogP contribution in [0, 0.1) is 0 Å². The molecule has 0 spiro atoms. The molecule has 2 aromatic carbocycles. The van der Waals surface area contributed by atoms with Crippen LogP contribution in [0.5, 0.6) is 5.75 Å². The molecule has 30 heavy (non-hydrogen) atoms. The number of methoxy groups -OCH3 is 1. The minimum Gasteiger partial charge on any atom is -0.497 e. The number of para-hydroxylation sites is 1. The number of ether oxygens (including phenoxy) is 1. The van der Waals surface area contributed by atoms with E-state index in [2.05, 4.69) is 38.5 Å². The standard InChI is InChI=1S/C24H24N4O2/c1-28-16-22(20-7-3-4-8-23(20)28)21(17-6-5-13-25-14-17)15-26-24(29)27-18-9-11-19(30-2)12-10-18/h3-14,16,21H,15H2,1-2H3,(H2,26,27,29)/t21-/m1/s1. The van der Waals surface area contributed by atoms with Gasteiger partial charge in [-0.2, -0.15) is 0 Å². The van der Waals surface area contributed by atoms with Gasteiger partial charge in [0, 0.05) is 54.7 Å². The topological polar surface area (TPSA) is 68.2 Å². The zero-order chi connectivity index (χ0) is 20.9. The summed E-state index contributed by atoms with van der Waals surface area (Å²) in [6.45, 7) is 0.446. The van der Waals surface area contributed by atoms with Gasteiger partial charge in [-0.1, -0.05) is 24.3 Å². The summed E-state index contributed by atoms with van der Waals surface area (Å²) in [6, 6.07) is 19.2. The van der Waals surface area contributed by atoms with Gasteiger partial charge in [0.25, 0.3) is 0 Å². The number of aryl methyl sites for hydroxylation is 1. The number of carbonyl (C=O) groups is 1. The van der Waals surface area contributed by atoms with Crippen LogP contribution in [0.3, 0.4) is 0 Å². The summed E-state index contributed by atoms with van der Waals surface area (Å²) in [5.74, 6) is 0.722. The van der Waals surface area contributed by atoms with Crippen LogP contribution in [0.15, 0.2) is 79.3 Å². The average Bonchev–Trinajstić information content (AvgIpc) is 3.12. The molecule has 152 valence electrons. The number of fused-ring (bicyclic) bond motifs is 1. The molecule has 0 fully saturated rings. The van der Waals surface area contributed by atoms with Crippen molar-refractivity contribution in [3.63, 3.8) is 0 Å². The Labute approximate surface area is 175 Å². The Balaban J connectivity index is 1.55. The molecular weight excluding hydrogens is 376 g/mol. The maximum absolute atomic E-state index is 12.5. The Bertz CT molecular complexity index is 1140. The van der Waals surface area contributed by atoms with E-state index in [1.807, 2.05) is 61.8 Å². The van der Waals surface area contributed by atoms with E-state index in [0.29, 0.717) is 12.2 Å². The zero-order valence-corrected chi connectivity index (χ0v) is 17.0. The monoisotopic (exact) mass is 400 g/mol. The van der Waals surface area contributed by atoms with E-state index in [4.69, 9.17) is 4.74 Å². The smallest absolute Gasteiger partial charge is 0.319 e. The molecule has 0 aliphatic heterocycles. The van der Waals surface area contributed by atoms with Crippen molar-refractivity contribution >= 4 is 22.6 Å². The SMILES string of the molecule is COc1ccc(NC(=O)NC[C@H](c2cccnc2)c2cn(C)c3ccccc23)cc1. The lowest BCUT2D eigenvalue weighted by molar-refractivity contribution is 0.252. The Morgan fingerprint density at radius 3 is 2.63 bits per heavy atom. The first-order chi connectivity index (χ1) is 14.7. The van der Waals surface area contributed by atoms with Crippen LogP contribution in [-0.4, -0.2) is 29.2 Å². The van der Waals surface area contributed by atoms with E-state index < -0.39 is 0 Å². The normalized spacial score (nSPS) is 11.8. The van der Waals surface area contributed by atoms with Gasteiger partial charge < -0.3 is 19.9 Å². The fourth-order valence-corrected chi connectivity index (χ4v) is 3.68. The molecule has 0 bridgehead atoms. The molecule has 4 aromatic rings. The highest BCUT2D eigenvalue weighted by Crippen LogP contribution is 2.31. The maximum Gasteiger partial charge on any atom is 0.319 e. The second kappa shape index (κ2) is 8.69. The first kappa shape index (κ1) is 19.5. The molecule has 0 saturated carbocycles. The van der Waals surface area contributed by atoms with E-state index in [1.165, 1.54) is 5.39 Å². The molecule has 1 atom stereocenters. The summed E-state index contributed by atoms with van der Waals surface area (Å²) >= 11 is 0. The van der Waals surface area contributed by atoms with Gasteiger partial charge >= 0.3 is 6.03 Å². The maximum atomic E-state index is 12.5. The van der Waals surface area contributed by atoms with Gasteiger partial charge in [0.05, 0.1) is 7.11 Å². The number of carbonyl (C=O) groups excluding carboxylic acids is 1. The summed E-state index contributed by atoms with van der Waals surface area (Å²) < 4.78 is 7.27. The highest BCUT2D eigenvalue weighted by molar-refractivity contribution is 5.89.